The van der Waals surface area contributed by atoms with Crippen molar-refractivity contribution in [2.75, 3.05) is 0 Å². The van der Waals surface area contributed by atoms with Gasteiger partial charge in [0.05, 0.1) is 0 Å². The lowest BCUT2D eigenvalue weighted by atomic mass is 10.1. The maximum Gasteiger partial charge on any atom is 0.159 e. The number of ketones is 1. The first-order chi connectivity index (χ1) is 5.07. The molecule has 11 heavy (non-hydrogen) atoms. The molecule has 2 heteroatoms. The highest BCUT2D eigenvalue weighted by atomic mass is 19.1. The smallest absolute Gasteiger partial charge is 0.159 e. The molecule has 0 aliphatic carbocycles. The summed E-state index contributed by atoms with van der Waals surface area (Å²) in [5.74, 6) is -0.104. The van der Waals surface area contributed by atoms with E-state index in [2.05, 4.69) is 0 Å². The second-order valence-electron chi connectivity index (χ2n) is 2.36. The second-order valence-corrected chi connectivity index (χ2v) is 2.36. The van der Waals surface area contributed by atoms with E-state index in [9.17, 15) is 9.18 Å². The zero-order chi connectivity index (χ0) is 8.85. The van der Waals surface area contributed by atoms with Gasteiger partial charge in [-0.15, -0.1) is 0 Å². The molecule has 0 fully saturated rings. The molecular weight excluding hydrogens is 143 g/mol. The molecule has 0 aromatic carbocycles. The van der Waals surface area contributed by atoms with Gasteiger partial charge in [0.2, 0.25) is 0 Å². The molecule has 0 amide bonds. The largest absolute Gasteiger partial charge is 0.295 e. The van der Waals surface area contributed by atoms with Gasteiger partial charge in [0, 0.05) is 5.57 Å². The molecule has 0 radical (unpaired) electrons. The first-order valence-electron chi connectivity index (χ1n) is 3.57. The van der Waals surface area contributed by atoms with Gasteiger partial charge in [-0.25, -0.2) is 4.39 Å². The van der Waals surface area contributed by atoms with Crippen molar-refractivity contribution in [3.8, 4) is 0 Å². The van der Waals surface area contributed by atoms with Crippen LogP contribution < -0.4 is 0 Å². The van der Waals surface area contributed by atoms with Gasteiger partial charge < -0.3 is 0 Å². The first-order valence-corrected chi connectivity index (χ1v) is 3.57. The van der Waals surface area contributed by atoms with Gasteiger partial charge in [0.1, 0.15) is 6.17 Å². The van der Waals surface area contributed by atoms with Crippen LogP contribution in [-0.2, 0) is 4.79 Å². The van der Waals surface area contributed by atoms with E-state index in [0.29, 0.717) is 5.57 Å². The van der Waals surface area contributed by atoms with Crippen molar-refractivity contribution < 1.29 is 9.18 Å². The van der Waals surface area contributed by atoms with Gasteiger partial charge in [-0.3, -0.25) is 4.79 Å². The number of allylic oxidation sites excluding steroid dienone is 4. The predicted octanol–water partition coefficient (Wildman–Crippen LogP) is 2.44. The summed E-state index contributed by atoms with van der Waals surface area (Å²) in [6.45, 7) is 4.61. The fourth-order valence-corrected chi connectivity index (χ4v) is 0.717. The fourth-order valence-electron chi connectivity index (χ4n) is 0.717. The lowest BCUT2D eigenvalue weighted by Crippen LogP contribution is -1.97. The molecular formula is C9H13FO. The third kappa shape index (κ3) is 4.48. The summed E-state index contributed by atoms with van der Waals surface area (Å²) in [5.41, 5.74) is 0.433. The van der Waals surface area contributed by atoms with Crippen LogP contribution in [0, 0.1) is 0 Å². The highest BCUT2D eigenvalue weighted by Crippen LogP contribution is 2.03. The molecule has 0 saturated carbocycles. The van der Waals surface area contributed by atoms with Crippen LogP contribution in [0.25, 0.3) is 0 Å². The van der Waals surface area contributed by atoms with Crippen LogP contribution in [0.2, 0.25) is 0 Å². The minimum absolute atomic E-state index is 0.104. The summed E-state index contributed by atoms with van der Waals surface area (Å²) in [6.07, 6.45) is 3.57. The normalized spacial score (nSPS) is 15.5. The Kier molecular flexibility index (Phi) is 4.42. The Bertz CT molecular complexity index is 190. The molecule has 0 spiro atoms. The van der Waals surface area contributed by atoms with E-state index in [0.717, 1.165) is 0 Å². The molecule has 1 unspecified atom stereocenters. The summed E-state index contributed by atoms with van der Waals surface area (Å²) in [7, 11) is 0. The number of carbonyl (C=O) groups excluding carboxylic acids is 1. The van der Waals surface area contributed by atoms with Gasteiger partial charge in [0.25, 0.3) is 0 Å². The van der Waals surface area contributed by atoms with Crippen LogP contribution >= 0.6 is 0 Å². The Morgan fingerprint density at radius 1 is 1.55 bits per heavy atom. The topological polar surface area (TPSA) is 17.1 Å². The molecule has 0 aliphatic heterocycles. The van der Waals surface area contributed by atoms with Gasteiger partial charge in [-0.05, 0) is 26.8 Å². The van der Waals surface area contributed by atoms with Gasteiger partial charge >= 0.3 is 0 Å². The molecule has 0 N–H and O–H groups in total. The molecule has 0 saturated heterocycles. The molecule has 0 bridgehead atoms. The third-order valence-electron chi connectivity index (χ3n) is 1.16. The van der Waals surface area contributed by atoms with E-state index < -0.39 is 6.17 Å². The summed E-state index contributed by atoms with van der Waals surface area (Å²) >= 11 is 0. The Labute approximate surface area is 66.6 Å². The molecule has 0 aromatic heterocycles. The van der Waals surface area contributed by atoms with E-state index >= 15 is 0 Å². The van der Waals surface area contributed by atoms with Crippen molar-refractivity contribution in [2.45, 2.75) is 26.9 Å². The predicted molar refractivity (Wildman–Crippen MR) is 44.1 cm³/mol. The number of hydrogen-bond acceptors (Lipinski definition) is 1. The van der Waals surface area contributed by atoms with Crippen LogP contribution in [0.3, 0.4) is 0 Å². The Balaban J connectivity index is 4.46. The van der Waals surface area contributed by atoms with Crippen molar-refractivity contribution in [3.05, 3.63) is 23.8 Å². The van der Waals surface area contributed by atoms with Gasteiger partial charge in [0.15, 0.2) is 5.78 Å². The monoisotopic (exact) mass is 156 g/mol. The van der Waals surface area contributed by atoms with Crippen molar-refractivity contribution in [3.63, 3.8) is 0 Å². The van der Waals surface area contributed by atoms with Crippen molar-refractivity contribution in [1.29, 1.82) is 0 Å². The molecule has 1 nitrogen and oxygen atoms in total. The average Bonchev–Trinajstić information content (AvgIpc) is 1.86. The van der Waals surface area contributed by atoms with Gasteiger partial charge in [-0.2, -0.15) is 0 Å². The lowest BCUT2D eigenvalue weighted by Gasteiger charge is -1.96. The van der Waals surface area contributed by atoms with E-state index in [1.54, 1.807) is 19.1 Å². The Hall–Kier alpha value is -0.920. The van der Waals surface area contributed by atoms with Crippen LogP contribution in [0.5, 0.6) is 0 Å². The summed E-state index contributed by atoms with van der Waals surface area (Å²) in [6, 6.07) is 0. The minimum atomic E-state index is -1.06. The minimum Gasteiger partial charge on any atom is -0.295 e. The van der Waals surface area contributed by atoms with Crippen molar-refractivity contribution in [2.24, 2.45) is 0 Å². The summed E-state index contributed by atoms with van der Waals surface area (Å²) < 4.78 is 12.4. The van der Waals surface area contributed by atoms with Crippen LogP contribution in [0.1, 0.15) is 20.8 Å². The Morgan fingerprint density at radius 2 is 2.09 bits per heavy atom. The SMILES string of the molecule is C/C=C\C(=C/C(C)F)C(C)=O. The highest BCUT2D eigenvalue weighted by molar-refractivity contribution is 5.96. The number of Topliss-reactive ketones (excluding diaryl/α,β-unsaturated/α-hetero) is 1. The second kappa shape index (κ2) is 4.83. The third-order valence-corrected chi connectivity index (χ3v) is 1.16. The lowest BCUT2D eigenvalue weighted by molar-refractivity contribution is -0.113. The number of carbonyl (C=O) groups is 1. The van der Waals surface area contributed by atoms with Crippen LogP contribution in [0.15, 0.2) is 23.8 Å². The van der Waals surface area contributed by atoms with Crippen LogP contribution in [-0.4, -0.2) is 12.0 Å². The van der Waals surface area contributed by atoms with E-state index in [1.165, 1.54) is 19.9 Å². The van der Waals surface area contributed by atoms with Gasteiger partial charge in [-0.1, -0.05) is 12.2 Å². The van der Waals surface area contributed by atoms with Crippen molar-refractivity contribution >= 4 is 5.78 Å². The zero-order valence-corrected chi connectivity index (χ0v) is 7.10. The van der Waals surface area contributed by atoms with E-state index in [4.69, 9.17) is 0 Å². The summed E-state index contributed by atoms with van der Waals surface area (Å²) in [5, 5.41) is 0. The number of rotatable bonds is 3. The first kappa shape index (κ1) is 10.1. The van der Waals surface area contributed by atoms with Crippen LogP contribution in [0.4, 0.5) is 4.39 Å². The molecule has 1 atom stereocenters. The summed E-state index contributed by atoms with van der Waals surface area (Å²) in [4.78, 5) is 10.8. The molecule has 0 aromatic rings. The number of hydrogen-bond donors (Lipinski definition) is 0. The van der Waals surface area contributed by atoms with Crippen molar-refractivity contribution in [1.82, 2.24) is 0 Å². The fraction of sp³-hybridized carbons (Fsp3) is 0.444. The maximum atomic E-state index is 12.4. The highest BCUT2D eigenvalue weighted by Gasteiger charge is 2.00. The maximum absolute atomic E-state index is 12.4. The molecule has 0 heterocycles. The van der Waals surface area contributed by atoms with E-state index in [1.807, 2.05) is 0 Å². The van der Waals surface area contributed by atoms with E-state index in [-0.39, 0.29) is 5.78 Å². The molecule has 62 valence electrons. The number of halogens is 1. The molecule has 0 rings (SSSR count). The Morgan fingerprint density at radius 3 is 2.36 bits per heavy atom. The quantitative estimate of drug-likeness (QED) is 0.453. The standard InChI is InChI=1S/C9H13FO/c1-4-5-9(8(3)11)6-7(2)10/h4-7H,1-3H3/b5-4-,9-6+. The number of alkyl halides is 1. The molecule has 0 aliphatic rings. The average molecular weight is 156 g/mol. The zero-order valence-electron chi connectivity index (χ0n) is 7.10.